The second-order valence-corrected chi connectivity index (χ2v) is 7.07. The van der Waals surface area contributed by atoms with Crippen LogP contribution in [0.1, 0.15) is 37.6 Å². The fourth-order valence-electron chi connectivity index (χ4n) is 2.44. The van der Waals surface area contributed by atoms with Crippen LogP contribution in [-0.4, -0.2) is 43.0 Å². The molecule has 1 aliphatic rings. The van der Waals surface area contributed by atoms with E-state index >= 15 is 0 Å². The van der Waals surface area contributed by atoms with Crippen molar-refractivity contribution in [3.8, 4) is 5.75 Å². The highest BCUT2D eigenvalue weighted by Crippen LogP contribution is 2.20. The number of amides is 2. The number of benzene rings is 1. The lowest BCUT2D eigenvalue weighted by atomic mass is 9.90. The SMILES string of the molecule is CC(C)(C)C(=O)C(=O)N[C@@H]1CCOC[C@H]1Oc1ccc(C(N)=O)cc1. The van der Waals surface area contributed by atoms with Crippen LogP contribution in [0.3, 0.4) is 0 Å². The van der Waals surface area contributed by atoms with E-state index < -0.39 is 29.1 Å². The molecule has 7 heteroatoms. The number of primary amides is 1. The largest absolute Gasteiger partial charge is 0.486 e. The Morgan fingerprint density at radius 2 is 1.84 bits per heavy atom. The van der Waals surface area contributed by atoms with E-state index in [4.69, 9.17) is 15.2 Å². The highest BCUT2D eigenvalue weighted by atomic mass is 16.5. The fourth-order valence-corrected chi connectivity index (χ4v) is 2.44. The van der Waals surface area contributed by atoms with Gasteiger partial charge >= 0.3 is 0 Å². The molecule has 0 spiro atoms. The molecule has 2 rings (SSSR count). The minimum atomic E-state index is -0.740. The van der Waals surface area contributed by atoms with Gasteiger partial charge in [-0.05, 0) is 30.7 Å². The second-order valence-electron chi connectivity index (χ2n) is 7.07. The first-order valence-electron chi connectivity index (χ1n) is 8.18. The molecule has 0 aromatic heterocycles. The van der Waals surface area contributed by atoms with E-state index in [0.717, 1.165) is 0 Å². The molecule has 7 nitrogen and oxygen atoms in total. The summed E-state index contributed by atoms with van der Waals surface area (Å²) in [6.07, 6.45) is 0.123. The monoisotopic (exact) mass is 348 g/mol. The highest BCUT2D eigenvalue weighted by molar-refractivity contribution is 6.38. The van der Waals surface area contributed by atoms with Crippen molar-refractivity contribution in [3.63, 3.8) is 0 Å². The summed E-state index contributed by atoms with van der Waals surface area (Å²) >= 11 is 0. The molecular formula is C18H24N2O5. The molecule has 2 atom stereocenters. The molecule has 1 fully saturated rings. The molecule has 136 valence electrons. The van der Waals surface area contributed by atoms with Gasteiger partial charge in [-0.25, -0.2) is 0 Å². The number of hydrogen-bond donors (Lipinski definition) is 2. The van der Waals surface area contributed by atoms with Crippen molar-refractivity contribution in [1.82, 2.24) is 5.32 Å². The standard InChI is InChI=1S/C18H24N2O5/c1-18(2,3)15(21)17(23)20-13-8-9-24-10-14(13)25-12-6-4-11(5-7-12)16(19)22/h4-7,13-14H,8-10H2,1-3H3,(H2,19,22)(H,20,23)/t13-,14-/m1/s1. The third kappa shape index (κ3) is 5.03. The Morgan fingerprint density at radius 1 is 1.20 bits per heavy atom. The van der Waals surface area contributed by atoms with Crippen LogP contribution >= 0.6 is 0 Å². The van der Waals surface area contributed by atoms with Crippen molar-refractivity contribution in [2.75, 3.05) is 13.2 Å². The number of nitrogens with one attached hydrogen (secondary N) is 1. The summed E-state index contributed by atoms with van der Waals surface area (Å²) in [4.78, 5) is 35.3. The van der Waals surface area contributed by atoms with Gasteiger partial charge in [0.1, 0.15) is 11.9 Å². The molecular weight excluding hydrogens is 324 g/mol. The van der Waals surface area contributed by atoms with Gasteiger partial charge in [0.05, 0.1) is 12.6 Å². The predicted octanol–water partition coefficient (Wildman–Crippen LogP) is 1.05. The first-order valence-corrected chi connectivity index (χ1v) is 8.18. The summed E-state index contributed by atoms with van der Waals surface area (Å²) in [5.74, 6) is -1.07. The number of carbonyl (C=O) groups is 3. The smallest absolute Gasteiger partial charge is 0.288 e. The molecule has 1 aromatic carbocycles. The minimum absolute atomic E-state index is 0.298. The fraction of sp³-hybridized carbons (Fsp3) is 0.500. The number of ketones is 1. The minimum Gasteiger partial charge on any atom is -0.486 e. The van der Waals surface area contributed by atoms with Crippen LogP contribution in [0.5, 0.6) is 5.75 Å². The zero-order valence-corrected chi connectivity index (χ0v) is 14.7. The number of ether oxygens (including phenoxy) is 2. The molecule has 2 amide bonds. The highest BCUT2D eigenvalue weighted by Gasteiger charge is 2.34. The Labute approximate surface area is 146 Å². The molecule has 25 heavy (non-hydrogen) atoms. The maximum absolute atomic E-state index is 12.2. The number of nitrogens with two attached hydrogens (primary N) is 1. The molecule has 1 saturated heterocycles. The van der Waals surface area contributed by atoms with Crippen molar-refractivity contribution < 1.29 is 23.9 Å². The first-order chi connectivity index (χ1) is 11.7. The van der Waals surface area contributed by atoms with E-state index in [2.05, 4.69) is 5.32 Å². The van der Waals surface area contributed by atoms with Crippen LogP contribution in [0.4, 0.5) is 0 Å². The lowest BCUT2D eigenvalue weighted by Gasteiger charge is -2.32. The van der Waals surface area contributed by atoms with E-state index in [1.807, 2.05) is 0 Å². The zero-order valence-electron chi connectivity index (χ0n) is 14.7. The summed E-state index contributed by atoms with van der Waals surface area (Å²) < 4.78 is 11.3. The maximum Gasteiger partial charge on any atom is 0.288 e. The average Bonchev–Trinajstić information content (AvgIpc) is 2.55. The van der Waals surface area contributed by atoms with Gasteiger partial charge in [0, 0.05) is 17.6 Å². The molecule has 0 bridgehead atoms. The first kappa shape index (κ1) is 18.9. The average molecular weight is 348 g/mol. The van der Waals surface area contributed by atoms with Crippen molar-refractivity contribution in [2.45, 2.75) is 39.3 Å². The quantitative estimate of drug-likeness (QED) is 0.774. The lowest BCUT2D eigenvalue weighted by molar-refractivity contribution is -0.143. The van der Waals surface area contributed by atoms with Gasteiger partial charge in [-0.3, -0.25) is 14.4 Å². The Morgan fingerprint density at radius 3 is 2.40 bits per heavy atom. The predicted molar refractivity (Wildman–Crippen MR) is 91.2 cm³/mol. The van der Waals surface area contributed by atoms with Crippen LogP contribution in [0.15, 0.2) is 24.3 Å². The molecule has 0 unspecified atom stereocenters. The van der Waals surface area contributed by atoms with Crippen molar-refractivity contribution >= 4 is 17.6 Å². The van der Waals surface area contributed by atoms with E-state index in [9.17, 15) is 14.4 Å². The van der Waals surface area contributed by atoms with Gasteiger partial charge in [0.15, 0.2) is 0 Å². The topological polar surface area (TPSA) is 108 Å². The Bertz CT molecular complexity index is 648. The molecule has 1 aliphatic heterocycles. The van der Waals surface area contributed by atoms with Crippen molar-refractivity contribution in [1.29, 1.82) is 0 Å². The number of Topliss-reactive ketones (excluding diaryl/α,β-unsaturated/α-hetero) is 1. The molecule has 0 radical (unpaired) electrons. The lowest BCUT2D eigenvalue weighted by Crippen LogP contribution is -2.54. The van der Waals surface area contributed by atoms with E-state index in [0.29, 0.717) is 30.9 Å². The summed E-state index contributed by atoms with van der Waals surface area (Å²) in [6, 6.07) is 6.07. The van der Waals surface area contributed by atoms with Gasteiger partial charge in [0.2, 0.25) is 11.7 Å². The molecule has 3 N–H and O–H groups in total. The summed E-state index contributed by atoms with van der Waals surface area (Å²) in [7, 11) is 0. The Balaban J connectivity index is 2.04. The van der Waals surface area contributed by atoms with E-state index in [1.165, 1.54) is 0 Å². The van der Waals surface area contributed by atoms with Crippen molar-refractivity contribution in [2.24, 2.45) is 11.1 Å². The summed E-state index contributed by atoms with van der Waals surface area (Å²) in [5.41, 5.74) is 4.85. The molecule has 1 heterocycles. The third-order valence-corrected chi connectivity index (χ3v) is 3.93. The van der Waals surface area contributed by atoms with Crippen molar-refractivity contribution in [3.05, 3.63) is 29.8 Å². The van der Waals surface area contributed by atoms with E-state index in [1.54, 1.807) is 45.0 Å². The number of carbonyl (C=O) groups excluding carboxylic acids is 3. The number of hydrogen-bond acceptors (Lipinski definition) is 5. The van der Waals surface area contributed by atoms with Gasteiger partial charge in [-0.1, -0.05) is 20.8 Å². The summed E-state index contributed by atoms with van der Waals surface area (Å²) in [6.45, 7) is 5.88. The molecule has 0 aliphatic carbocycles. The van der Waals surface area contributed by atoms with Gasteiger partial charge in [-0.15, -0.1) is 0 Å². The normalized spacial score (nSPS) is 20.6. The molecule has 0 saturated carbocycles. The van der Waals surface area contributed by atoms with Crippen LogP contribution in [0.25, 0.3) is 0 Å². The van der Waals surface area contributed by atoms with E-state index in [-0.39, 0.29) is 6.04 Å². The number of rotatable bonds is 5. The van der Waals surface area contributed by atoms with Crippen LogP contribution < -0.4 is 15.8 Å². The van der Waals surface area contributed by atoms with Gasteiger partial charge < -0.3 is 20.5 Å². The van der Waals surface area contributed by atoms with Crippen LogP contribution in [-0.2, 0) is 14.3 Å². The summed E-state index contributed by atoms with van der Waals surface area (Å²) in [5, 5.41) is 2.76. The van der Waals surface area contributed by atoms with Crippen LogP contribution in [0, 0.1) is 5.41 Å². The maximum atomic E-state index is 12.2. The van der Waals surface area contributed by atoms with Gasteiger partial charge in [-0.2, -0.15) is 0 Å². The second kappa shape index (κ2) is 7.65. The Hall–Kier alpha value is -2.41. The zero-order chi connectivity index (χ0) is 18.6. The molecule has 1 aromatic rings. The van der Waals surface area contributed by atoms with Gasteiger partial charge in [0.25, 0.3) is 5.91 Å². The van der Waals surface area contributed by atoms with Crippen LogP contribution in [0.2, 0.25) is 0 Å². The third-order valence-electron chi connectivity index (χ3n) is 3.93. The Kier molecular flexibility index (Phi) is 5.79.